The van der Waals surface area contributed by atoms with Gasteiger partial charge in [0, 0.05) is 68.4 Å². The fourth-order valence-electron chi connectivity index (χ4n) is 11.4. The number of para-hydroxylation sites is 2. The van der Waals surface area contributed by atoms with Crippen molar-refractivity contribution in [2.45, 2.75) is 51.4 Å². The van der Waals surface area contributed by atoms with E-state index in [-0.39, 0.29) is 11.8 Å². The van der Waals surface area contributed by atoms with Crippen molar-refractivity contribution in [3.8, 4) is 22.6 Å². The molecule has 4 heterocycles. The number of rotatable bonds is 22. The number of anilines is 6. The summed E-state index contributed by atoms with van der Waals surface area (Å²) in [5.41, 5.74) is 9.75. The molecule has 2 aliphatic rings. The summed E-state index contributed by atoms with van der Waals surface area (Å²) in [5.74, 6) is 1.80. The van der Waals surface area contributed by atoms with Gasteiger partial charge in [-0.2, -0.15) is 0 Å². The molecule has 12 rings (SSSR count). The van der Waals surface area contributed by atoms with Gasteiger partial charge in [0.15, 0.2) is 11.5 Å². The summed E-state index contributed by atoms with van der Waals surface area (Å²) in [6.07, 6.45) is 7.59. The Morgan fingerprint density at radius 3 is 1.10 bits per heavy atom. The fraction of sp³-hybridized carbons (Fsp3) is 0.171. The van der Waals surface area contributed by atoms with Crippen LogP contribution in [0.15, 0.2) is 238 Å². The molecule has 80 heavy (non-hydrogen) atoms. The smallest absolute Gasteiger partial charge is 0.261 e. The molecule has 0 aliphatic carbocycles. The average Bonchev–Trinajstić information content (AvgIpc) is 4.43. The van der Waals surface area contributed by atoms with E-state index in [1.807, 2.05) is 36.4 Å². The van der Waals surface area contributed by atoms with Crippen molar-refractivity contribution in [3.05, 3.63) is 241 Å². The fourth-order valence-corrected chi connectivity index (χ4v) is 12.2. The lowest BCUT2D eigenvalue weighted by atomic mass is 10.1. The van der Waals surface area contributed by atoms with E-state index in [1.54, 1.807) is 9.80 Å². The quantitative estimate of drug-likeness (QED) is 0.0497. The van der Waals surface area contributed by atoms with Crippen LogP contribution in [0.4, 0.5) is 34.1 Å². The first-order chi connectivity index (χ1) is 39.5. The van der Waals surface area contributed by atoms with E-state index in [0.29, 0.717) is 58.7 Å². The van der Waals surface area contributed by atoms with Gasteiger partial charge in [-0.1, -0.05) is 167 Å². The number of furan rings is 2. The predicted octanol–water partition coefficient (Wildman–Crippen LogP) is 19.2. The summed E-state index contributed by atoms with van der Waals surface area (Å²) in [7, 11) is 0. The van der Waals surface area contributed by atoms with Gasteiger partial charge in [0.05, 0.1) is 22.5 Å². The molecule has 0 fully saturated rings. The Labute approximate surface area is 484 Å². The molecule has 0 spiro atoms. The van der Waals surface area contributed by atoms with Crippen LogP contribution >= 0.6 is 31.9 Å². The predicted molar refractivity (Wildman–Crippen MR) is 334 cm³/mol. The summed E-state index contributed by atoms with van der Waals surface area (Å²) < 4.78 is 13.7. The molecule has 0 N–H and O–H groups in total. The number of carbonyl (C=O) groups excluding carboxylic acids is 2. The summed E-state index contributed by atoms with van der Waals surface area (Å²) in [6, 6.07) is 75.1. The van der Waals surface area contributed by atoms with Crippen LogP contribution in [-0.2, 0) is 9.59 Å². The zero-order valence-corrected chi connectivity index (χ0v) is 47.6. The Balaban J connectivity index is 0.903. The van der Waals surface area contributed by atoms with E-state index >= 15 is 9.59 Å². The lowest BCUT2D eigenvalue weighted by Gasteiger charge is -2.27. The highest BCUT2D eigenvalue weighted by molar-refractivity contribution is 9.09. The van der Waals surface area contributed by atoms with Crippen LogP contribution in [0, 0.1) is 0 Å². The van der Waals surface area contributed by atoms with Crippen molar-refractivity contribution in [2.75, 3.05) is 33.5 Å². The van der Waals surface area contributed by atoms with Gasteiger partial charge >= 0.3 is 0 Å². The SMILES string of the molecule is O=C1C2=C(c3ccc(-c4ccc(N(c5ccccc5)c5cccc6ccccc56)cc4)o3)N(CCCCCCBr)C(=O)C2=C(c2ccc(-c3ccc(N(c4ccccc4)c4cccc5ccccc45)cc3)o2)N1CCCCCCBr. The van der Waals surface area contributed by atoms with Gasteiger partial charge in [0.25, 0.3) is 11.8 Å². The summed E-state index contributed by atoms with van der Waals surface area (Å²) >= 11 is 7.17. The van der Waals surface area contributed by atoms with Gasteiger partial charge in [-0.15, -0.1) is 0 Å². The summed E-state index contributed by atoms with van der Waals surface area (Å²) in [5, 5.41) is 6.49. The maximum absolute atomic E-state index is 15.3. The normalized spacial score (nSPS) is 13.4. The van der Waals surface area contributed by atoms with Crippen LogP contribution in [0.1, 0.15) is 62.9 Å². The second kappa shape index (κ2) is 24.0. The third kappa shape index (κ3) is 10.5. The topological polar surface area (TPSA) is 73.4 Å². The maximum atomic E-state index is 15.3. The molecule has 0 bridgehead atoms. The number of fused-ring (bicyclic) bond motifs is 3. The molecule has 2 aromatic heterocycles. The highest BCUT2D eigenvalue weighted by Gasteiger charge is 2.50. The molecule has 0 unspecified atom stereocenters. The van der Waals surface area contributed by atoms with Crippen molar-refractivity contribution in [1.82, 2.24) is 9.80 Å². The molecule has 10 heteroatoms. The first kappa shape index (κ1) is 52.5. The largest absolute Gasteiger partial charge is 0.455 e. The van der Waals surface area contributed by atoms with Crippen molar-refractivity contribution >= 4 is 111 Å². The first-order valence-corrected chi connectivity index (χ1v) is 30.0. The summed E-state index contributed by atoms with van der Waals surface area (Å²) in [4.78, 5) is 38.8. The highest BCUT2D eigenvalue weighted by atomic mass is 79.9. The maximum Gasteiger partial charge on any atom is 0.261 e. The molecule has 0 atom stereocenters. The van der Waals surface area contributed by atoms with Crippen molar-refractivity contribution < 1.29 is 18.4 Å². The third-order valence-electron chi connectivity index (χ3n) is 15.3. The Morgan fingerprint density at radius 2 is 0.688 bits per heavy atom. The minimum atomic E-state index is -0.214. The number of hydrogen-bond acceptors (Lipinski definition) is 6. The van der Waals surface area contributed by atoms with Crippen LogP contribution < -0.4 is 9.80 Å². The zero-order chi connectivity index (χ0) is 54.4. The second-order valence-corrected chi connectivity index (χ2v) is 21.9. The van der Waals surface area contributed by atoms with Crippen LogP contribution in [0.3, 0.4) is 0 Å². The minimum absolute atomic E-state index is 0.214. The molecule has 0 radical (unpaired) electrons. The monoisotopic (exact) mass is 1180 g/mol. The number of carbonyl (C=O) groups is 2. The minimum Gasteiger partial charge on any atom is -0.455 e. The lowest BCUT2D eigenvalue weighted by Crippen LogP contribution is -2.31. The lowest BCUT2D eigenvalue weighted by molar-refractivity contribution is -0.124. The molecule has 8 aromatic carbocycles. The number of nitrogens with zero attached hydrogens (tertiary/aromatic N) is 4. The number of unbranched alkanes of at least 4 members (excludes halogenated alkanes) is 6. The van der Waals surface area contributed by atoms with E-state index in [1.165, 1.54) is 10.8 Å². The zero-order valence-electron chi connectivity index (χ0n) is 44.4. The van der Waals surface area contributed by atoms with E-state index in [0.717, 1.165) is 118 Å². The molecule has 0 saturated carbocycles. The molecule has 2 aliphatic heterocycles. The molecule has 0 saturated heterocycles. The highest BCUT2D eigenvalue weighted by Crippen LogP contribution is 2.49. The number of hydrogen-bond donors (Lipinski definition) is 0. The Kier molecular flexibility index (Phi) is 15.8. The van der Waals surface area contributed by atoms with Gasteiger partial charge in [-0.05, 0) is 146 Å². The standard InChI is InChI=1S/C70H60Br2N4O4/c71-45-15-1-3-17-47-73-67(63-43-41-61(79-63)51-33-37-55(38-34-51)75(53-25-7-5-8-26-53)59-31-19-23-49-21-11-13-29-57(49)59)65-66(69(73)77)68(74(70(65)78)48-18-4-2-16-46-72)64-44-42-62(80-64)52-35-39-56(40-36-52)76(54-27-9-6-10-28-54)60-32-20-24-50-22-12-14-30-58(50)60/h5-14,19-44H,1-4,15-18,45-48H2. The molecular formula is C70H60Br2N4O4. The van der Waals surface area contributed by atoms with Crippen molar-refractivity contribution in [3.63, 3.8) is 0 Å². The Hall–Kier alpha value is -8.18. The average molecular weight is 1180 g/mol. The van der Waals surface area contributed by atoms with E-state index in [2.05, 4.69) is 224 Å². The van der Waals surface area contributed by atoms with Gasteiger partial charge in [-0.25, -0.2) is 0 Å². The van der Waals surface area contributed by atoms with Crippen LogP contribution in [0.2, 0.25) is 0 Å². The number of benzene rings is 8. The van der Waals surface area contributed by atoms with Gasteiger partial charge in [0.1, 0.15) is 22.9 Å². The van der Waals surface area contributed by atoms with Crippen LogP contribution in [-0.4, -0.2) is 45.4 Å². The van der Waals surface area contributed by atoms with Crippen LogP contribution in [0.5, 0.6) is 0 Å². The van der Waals surface area contributed by atoms with Gasteiger partial charge in [-0.3, -0.25) is 9.59 Å². The first-order valence-electron chi connectivity index (χ1n) is 27.8. The molecule has 8 nitrogen and oxygen atoms in total. The van der Waals surface area contributed by atoms with Crippen molar-refractivity contribution in [2.24, 2.45) is 0 Å². The van der Waals surface area contributed by atoms with E-state index in [4.69, 9.17) is 8.83 Å². The van der Waals surface area contributed by atoms with Gasteiger partial charge < -0.3 is 28.4 Å². The van der Waals surface area contributed by atoms with E-state index < -0.39 is 0 Å². The van der Waals surface area contributed by atoms with Gasteiger partial charge in [0.2, 0.25) is 0 Å². The third-order valence-corrected chi connectivity index (χ3v) is 16.4. The molecule has 2 amide bonds. The van der Waals surface area contributed by atoms with E-state index in [9.17, 15) is 0 Å². The molecular weight excluding hydrogens is 1120 g/mol. The number of amides is 2. The molecule has 10 aromatic rings. The molecule has 398 valence electrons. The Bertz CT molecular complexity index is 3620. The van der Waals surface area contributed by atoms with Crippen LogP contribution in [0.25, 0.3) is 55.6 Å². The number of alkyl halides is 2. The Morgan fingerprint density at radius 1 is 0.338 bits per heavy atom. The summed E-state index contributed by atoms with van der Waals surface area (Å²) in [6.45, 7) is 0.888. The number of halogens is 2. The van der Waals surface area contributed by atoms with Crippen molar-refractivity contribution in [1.29, 1.82) is 0 Å². The second-order valence-electron chi connectivity index (χ2n) is 20.3.